The lowest BCUT2D eigenvalue weighted by atomic mass is 9.92. The molecule has 10 heavy (non-hydrogen) atoms. The van der Waals surface area contributed by atoms with Crippen LogP contribution in [0, 0.1) is 5.92 Å². The number of hydrogen-bond acceptors (Lipinski definition) is 0. The van der Waals surface area contributed by atoms with Crippen LogP contribution in [0.25, 0.3) is 0 Å². The summed E-state index contributed by atoms with van der Waals surface area (Å²) >= 11 is 0. The maximum absolute atomic E-state index is 2.37. The van der Waals surface area contributed by atoms with Crippen molar-refractivity contribution in [3.63, 3.8) is 0 Å². The van der Waals surface area contributed by atoms with E-state index in [0.29, 0.717) is 0 Å². The van der Waals surface area contributed by atoms with Crippen molar-refractivity contribution in [2.24, 2.45) is 5.92 Å². The molecule has 0 heterocycles. The second-order valence-corrected chi connectivity index (χ2v) is 2.93. The van der Waals surface area contributed by atoms with Gasteiger partial charge in [0, 0.05) is 0 Å². The highest BCUT2D eigenvalue weighted by molar-refractivity contribution is 5.01. The molecule has 0 spiro atoms. The Hall–Kier alpha value is -0.260. The topological polar surface area (TPSA) is 0 Å². The zero-order valence-corrected chi connectivity index (χ0v) is 7.78. The first-order chi connectivity index (χ1) is 4.79. The van der Waals surface area contributed by atoms with Gasteiger partial charge in [0.15, 0.2) is 0 Å². The van der Waals surface area contributed by atoms with Crippen LogP contribution in [0.1, 0.15) is 47.0 Å². The summed E-state index contributed by atoms with van der Waals surface area (Å²) < 4.78 is 0. The van der Waals surface area contributed by atoms with Crippen molar-refractivity contribution in [1.82, 2.24) is 0 Å². The molecule has 0 heteroatoms. The summed E-state index contributed by atoms with van der Waals surface area (Å²) in [5.41, 5.74) is 1.59. The normalized spacial score (nSPS) is 24.4. The van der Waals surface area contributed by atoms with E-state index in [4.69, 9.17) is 0 Å². The minimum atomic E-state index is 0.943. The third-order valence-electron chi connectivity index (χ3n) is 1.90. The van der Waals surface area contributed by atoms with Gasteiger partial charge in [-0.1, -0.05) is 32.4 Å². The maximum atomic E-state index is 2.37. The fraction of sp³-hybridized carbons (Fsp3) is 0.800. The lowest BCUT2D eigenvalue weighted by Gasteiger charge is -2.14. The van der Waals surface area contributed by atoms with Crippen molar-refractivity contribution in [3.05, 3.63) is 11.6 Å². The summed E-state index contributed by atoms with van der Waals surface area (Å²) in [6, 6.07) is 0. The first-order valence-electron chi connectivity index (χ1n) is 4.44. The van der Waals surface area contributed by atoms with Crippen molar-refractivity contribution in [2.75, 3.05) is 0 Å². The Bertz CT molecular complexity index is 101. The number of hydrogen-bond donors (Lipinski definition) is 0. The zero-order valence-electron chi connectivity index (χ0n) is 7.78. The van der Waals surface area contributed by atoms with E-state index in [1.54, 1.807) is 5.57 Å². The van der Waals surface area contributed by atoms with E-state index in [1.165, 1.54) is 19.3 Å². The SMILES string of the molecule is CC.CC1=CCC(C)CC1. The third kappa shape index (κ3) is 3.71. The molecular weight excluding hydrogens is 120 g/mol. The van der Waals surface area contributed by atoms with Gasteiger partial charge < -0.3 is 0 Å². The van der Waals surface area contributed by atoms with Crippen LogP contribution in [-0.2, 0) is 0 Å². The van der Waals surface area contributed by atoms with Crippen LogP contribution in [0.3, 0.4) is 0 Å². The highest BCUT2D eigenvalue weighted by Crippen LogP contribution is 2.21. The molecule has 0 nitrogen and oxygen atoms in total. The number of allylic oxidation sites excluding steroid dienone is 2. The lowest BCUT2D eigenvalue weighted by molar-refractivity contribution is 0.514. The molecule has 1 rings (SSSR count). The van der Waals surface area contributed by atoms with Crippen LogP contribution in [0.15, 0.2) is 11.6 Å². The predicted molar refractivity (Wildman–Crippen MR) is 48.1 cm³/mol. The van der Waals surface area contributed by atoms with Crippen LogP contribution < -0.4 is 0 Å². The van der Waals surface area contributed by atoms with Gasteiger partial charge in [-0.05, 0) is 32.1 Å². The van der Waals surface area contributed by atoms with Crippen LogP contribution in [0.4, 0.5) is 0 Å². The monoisotopic (exact) mass is 140 g/mol. The summed E-state index contributed by atoms with van der Waals surface area (Å²) in [4.78, 5) is 0. The Labute approximate surface area is 65.3 Å². The van der Waals surface area contributed by atoms with Crippen molar-refractivity contribution < 1.29 is 0 Å². The quantitative estimate of drug-likeness (QED) is 0.449. The van der Waals surface area contributed by atoms with Gasteiger partial charge in [0.2, 0.25) is 0 Å². The standard InChI is InChI=1S/C8H14.C2H6/c1-7-3-5-8(2)6-4-7;1-2/h3,8H,4-6H2,1-2H3;1-2H3. The van der Waals surface area contributed by atoms with Gasteiger partial charge >= 0.3 is 0 Å². The fourth-order valence-corrected chi connectivity index (χ4v) is 1.10. The first kappa shape index (κ1) is 9.74. The largest absolute Gasteiger partial charge is 0.0853 e. The summed E-state index contributed by atoms with van der Waals surface area (Å²) in [5, 5.41) is 0. The van der Waals surface area contributed by atoms with E-state index in [2.05, 4.69) is 19.9 Å². The van der Waals surface area contributed by atoms with Gasteiger partial charge in [0.1, 0.15) is 0 Å². The Kier molecular flexibility index (Phi) is 5.38. The molecule has 0 aromatic rings. The van der Waals surface area contributed by atoms with E-state index in [0.717, 1.165) is 5.92 Å². The molecule has 60 valence electrons. The van der Waals surface area contributed by atoms with E-state index in [9.17, 15) is 0 Å². The van der Waals surface area contributed by atoms with Crippen molar-refractivity contribution in [3.8, 4) is 0 Å². The van der Waals surface area contributed by atoms with E-state index < -0.39 is 0 Å². The smallest absolute Gasteiger partial charge is 0.0320 e. The summed E-state index contributed by atoms with van der Waals surface area (Å²) in [7, 11) is 0. The Balaban J connectivity index is 0.000000371. The lowest BCUT2D eigenvalue weighted by Crippen LogP contribution is -1.98. The van der Waals surface area contributed by atoms with Crippen molar-refractivity contribution in [1.29, 1.82) is 0 Å². The van der Waals surface area contributed by atoms with E-state index in [-0.39, 0.29) is 0 Å². The average molecular weight is 140 g/mol. The van der Waals surface area contributed by atoms with Gasteiger partial charge in [0.25, 0.3) is 0 Å². The van der Waals surface area contributed by atoms with Crippen LogP contribution >= 0.6 is 0 Å². The minimum absolute atomic E-state index is 0.943. The molecule has 0 aromatic heterocycles. The Morgan fingerprint density at radius 3 is 2.30 bits per heavy atom. The summed E-state index contributed by atoms with van der Waals surface area (Å²) in [6.07, 6.45) is 6.42. The molecule has 1 aliphatic carbocycles. The van der Waals surface area contributed by atoms with Crippen LogP contribution in [-0.4, -0.2) is 0 Å². The van der Waals surface area contributed by atoms with Gasteiger partial charge in [-0.2, -0.15) is 0 Å². The van der Waals surface area contributed by atoms with Gasteiger partial charge in [0.05, 0.1) is 0 Å². The van der Waals surface area contributed by atoms with E-state index in [1.807, 2.05) is 13.8 Å². The molecular formula is C10H20. The van der Waals surface area contributed by atoms with E-state index >= 15 is 0 Å². The molecule has 0 amide bonds. The van der Waals surface area contributed by atoms with Crippen LogP contribution in [0.2, 0.25) is 0 Å². The van der Waals surface area contributed by atoms with Crippen LogP contribution in [0.5, 0.6) is 0 Å². The molecule has 0 fully saturated rings. The Morgan fingerprint density at radius 1 is 1.40 bits per heavy atom. The molecule has 1 atom stereocenters. The first-order valence-corrected chi connectivity index (χ1v) is 4.44. The second-order valence-electron chi connectivity index (χ2n) is 2.93. The maximum Gasteiger partial charge on any atom is -0.0320 e. The predicted octanol–water partition coefficient (Wildman–Crippen LogP) is 3.78. The molecule has 0 saturated carbocycles. The summed E-state index contributed by atoms with van der Waals surface area (Å²) in [6.45, 7) is 8.55. The highest BCUT2D eigenvalue weighted by atomic mass is 14.1. The summed E-state index contributed by atoms with van der Waals surface area (Å²) in [5.74, 6) is 0.943. The third-order valence-corrected chi connectivity index (χ3v) is 1.90. The molecule has 1 unspecified atom stereocenters. The minimum Gasteiger partial charge on any atom is -0.0853 e. The van der Waals surface area contributed by atoms with Gasteiger partial charge in [-0.15, -0.1) is 0 Å². The molecule has 1 aliphatic rings. The molecule has 0 aromatic carbocycles. The zero-order chi connectivity index (χ0) is 7.98. The Morgan fingerprint density at radius 2 is 2.00 bits per heavy atom. The highest BCUT2D eigenvalue weighted by Gasteiger charge is 2.05. The molecule has 0 N–H and O–H groups in total. The number of rotatable bonds is 0. The second kappa shape index (κ2) is 5.52. The van der Waals surface area contributed by atoms with Gasteiger partial charge in [-0.25, -0.2) is 0 Å². The fourth-order valence-electron chi connectivity index (χ4n) is 1.10. The molecule has 0 radical (unpaired) electrons. The molecule has 0 bridgehead atoms. The molecule has 0 saturated heterocycles. The average Bonchev–Trinajstić information content (AvgIpc) is 2.00. The van der Waals surface area contributed by atoms with Gasteiger partial charge in [-0.3, -0.25) is 0 Å². The van der Waals surface area contributed by atoms with Crippen molar-refractivity contribution >= 4 is 0 Å². The molecule has 0 aliphatic heterocycles. The van der Waals surface area contributed by atoms with Crippen molar-refractivity contribution in [2.45, 2.75) is 47.0 Å².